The summed E-state index contributed by atoms with van der Waals surface area (Å²) in [5, 5.41) is 2.92. The van der Waals surface area contributed by atoms with Crippen molar-refractivity contribution in [2.45, 2.75) is 52.0 Å². The molecule has 1 aliphatic rings. The minimum atomic E-state index is -0.377. The Balaban J connectivity index is 1.92. The summed E-state index contributed by atoms with van der Waals surface area (Å²) in [6.45, 7) is 2.78. The van der Waals surface area contributed by atoms with Gasteiger partial charge in [-0.1, -0.05) is 26.2 Å². The van der Waals surface area contributed by atoms with E-state index in [1.54, 1.807) is 6.20 Å². The maximum atomic E-state index is 12.3. The van der Waals surface area contributed by atoms with E-state index in [2.05, 4.69) is 10.3 Å². The maximum absolute atomic E-state index is 12.3. The van der Waals surface area contributed by atoms with Gasteiger partial charge in [-0.05, 0) is 12.8 Å². The lowest BCUT2D eigenvalue weighted by atomic mass is 9.73. The summed E-state index contributed by atoms with van der Waals surface area (Å²) in [4.78, 5) is 16.5. The van der Waals surface area contributed by atoms with Crippen molar-refractivity contribution in [2.24, 2.45) is 11.1 Å². The quantitative estimate of drug-likeness (QED) is 0.850. The van der Waals surface area contributed by atoms with Crippen LogP contribution in [0.3, 0.4) is 0 Å². The van der Waals surface area contributed by atoms with Crippen LogP contribution in [0.1, 0.15) is 50.7 Å². The molecule has 0 aliphatic heterocycles. The molecule has 0 atom stereocenters. The zero-order valence-corrected chi connectivity index (χ0v) is 11.6. The van der Waals surface area contributed by atoms with Gasteiger partial charge in [0.25, 0.3) is 0 Å². The fourth-order valence-electron chi connectivity index (χ4n) is 2.69. The predicted octanol–water partition coefficient (Wildman–Crippen LogP) is 1.76. The normalized spacial score (nSPS) is 18.2. The Morgan fingerprint density at radius 2 is 2.21 bits per heavy atom. The molecule has 1 heterocycles. The number of hydrogen-bond donors (Lipinski definition) is 2. The van der Waals surface area contributed by atoms with Crippen molar-refractivity contribution in [3.63, 3.8) is 0 Å². The minimum Gasteiger partial charge on any atom is -0.444 e. The lowest BCUT2D eigenvalue weighted by molar-refractivity contribution is -0.132. The number of carbonyl (C=O) groups excluding carboxylic acids is 1. The minimum absolute atomic E-state index is 0.0472. The number of aryl methyl sites for hydroxylation is 1. The average Bonchev–Trinajstić information content (AvgIpc) is 2.93. The number of nitrogens with zero attached hydrogens (tertiary/aromatic N) is 1. The zero-order valence-electron chi connectivity index (χ0n) is 11.6. The van der Waals surface area contributed by atoms with Crippen molar-refractivity contribution in [1.29, 1.82) is 0 Å². The molecule has 1 saturated carbocycles. The van der Waals surface area contributed by atoms with Crippen molar-refractivity contribution in [2.75, 3.05) is 6.54 Å². The highest BCUT2D eigenvalue weighted by molar-refractivity contribution is 5.82. The van der Waals surface area contributed by atoms with E-state index in [-0.39, 0.29) is 11.3 Å². The van der Waals surface area contributed by atoms with E-state index >= 15 is 0 Å². The SMILES string of the molecule is CCc1cnc(CNC(=O)C2(CN)CCCCC2)o1. The van der Waals surface area contributed by atoms with Gasteiger partial charge in [0, 0.05) is 13.0 Å². The van der Waals surface area contributed by atoms with Gasteiger partial charge in [0.05, 0.1) is 18.2 Å². The highest BCUT2D eigenvalue weighted by atomic mass is 16.4. The summed E-state index contributed by atoms with van der Waals surface area (Å²) in [5.74, 6) is 1.45. The first-order chi connectivity index (χ1) is 9.20. The Bertz CT molecular complexity index is 422. The Morgan fingerprint density at radius 3 is 2.79 bits per heavy atom. The summed E-state index contributed by atoms with van der Waals surface area (Å²) in [5.41, 5.74) is 5.46. The molecule has 2 rings (SSSR count). The molecule has 106 valence electrons. The molecule has 5 nitrogen and oxygen atoms in total. The molecule has 0 bridgehead atoms. The third-order valence-corrected chi connectivity index (χ3v) is 4.03. The van der Waals surface area contributed by atoms with E-state index in [0.717, 1.165) is 37.9 Å². The first-order valence-corrected chi connectivity index (χ1v) is 7.12. The van der Waals surface area contributed by atoms with E-state index in [1.165, 1.54) is 6.42 Å². The van der Waals surface area contributed by atoms with Crippen LogP contribution in [0.2, 0.25) is 0 Å². The molecule has 0 aromatic carbocycles. The van der Waals surface area contributed by atoms with Crippen LogP contribution in [0.5, 0.6) is 0 Å². The molecule has 1 fully saturated rings. The molecule has 0 saturated heterocycles. The Morgan fingerprint density at radius 1 is 1.47 bits per heavy atom. The average molecular weight is 265 g/mol. The number of rotatable bonds is 5. The molecular formula is C14H23N3O2. The van der Waals surface area contributed by atoms with Crippen LogP contribution in [0, 0.1) is 5.41 Å². The summed E-state index contributed by atoms with van der Waals surface area (Å²) in [6, 6.07) is 0. The Kier molecular flexibility index (Phi) is 4.58. The number of nitrogens with one attached hydrogen (secondary N) is 1. The summed E-state index contributed by atoms with van der Waals surface area (Å²) in [7, 11) is 0. The smallest absolute Gasteiger partial charge is 0.227 e. The molecule has 1 aromatic rings. The fourth-order valence-corrected chi connectivity index (χ4v) is 2.69. The monoisotopic (exact) mass is 265 g/mol. The number of aromatic nitrogens is 1. The second kappa shape index (κ2) is 6.19. The third-order valence-electron chi connectivity index (χ3n) is 4.03. The number of amides is 1. The Hall–Kier alpha value is -1.36. The standard InChI is InChI=1S/C14H23N3O2/c1-2-11-8-16-12(19-11)9-17-13(18)14(10-15)6-4-3-5-7-14/h8H,2-7,9-10,15H2,1H3,(H,17,18). The van der Waals surface area contributed by atoms with Crippen LogP contribution >= 0.6 is 0 Å². The molecule has 5 heteroatoms. The summed E-state index contributed by atoms with van der Waals surface area (Å²) in [6.07, 6.45) is 7.68. The molecule has 1 aromatic heterocycles. The highest BCUT2D eigenvalue weighted by Gasteiger charge is 2.37. The molecule has 1 aliphatic carbocycles. The van der Waals surface area contributed by atoms with Crippen LogP contribution in [0.25, 0.3) is 0 Å². The first kappa shape index (κ1) is 14.1. The van der Waals surface area contributed by atoms with Crippen LogP contribution in [-0.2, 0) is 17.8 Å². The van der Waals surface area contributed by atoms with Gasteiger partial charge in [0.1, 0.15) is 5.76 Å². The zero-order chi connectivity index (χ0) is 13.7. The van der Waals surface area contributed by atoms with Crippen LogP contribution in [-0.4, -0.2) is 17.4 Å². The molecule has 0 radical (unpaired) electrons. The first-order valence-electron chi connectivity index (χ1n) is 7.12. The largest absolute Gasteiger partial charge is 0.444 e. The van der Waals surface area contributed by atoms with Gasteiger partial charge in [-0.25, -0.2) is 4.98 Å². The van der Waals surface area contributed by atoms with Crippen molar-refractivity contribution in [1.82, 2.24) is 10.3 Å². The lowest BCUT2D eigenvalue weighted by Gasteiger charge is -2.34. The van der Waals surface area contributed by atoms with E-state index in [1.807, 2.05) is 6.92 Å². The van der Waals surface area contributed by atoms with Crippen molar-refractivity contribution in [3.8, 4) is 0 Å². The number of carbonyl (C=O) groups is 1. The second-order valence-electron chi connectivity index (χ2n) is 5.30. The van der Waals surface area contributed by atoms with E-state index in [9.17, 15) is 4.79 Å². The van der Waals surface area contributed by atoms with E-state index in [0.29, 0.717) is 19.0 Å². The molecular weight excluding hydrogens is 242 g/mol. The third kappa shape index (κ3) is 3.15. The fraction of sp³-hybridized carbons (Fsp3) is 0.714. The summed E-state index contributed by atoms with van der Waals surface area (Å²) < 4.78 is 5.48. The van der Waals surface area contributed by atoms with Gasteiger partial charge in [-0.2, -0.15) is 0 Å². The van der Waals surface area contributed by atoms with Gasteiger partial charge in [-0.15, -0.1) is 0 Å². The molecule has 19 heavy (non-hydrogen) atoms. The van der Waals surface area contributed by atoms with Gasteiger partial charge in [0.2, 0.25) is 11.8 Å². The molecule has 1 amide bonds. The van der Waals surface area contributed by atoms with Crippen molar-refractivity contribution in [3.05, 3.63) is 17.8 Å². The predicted molar refractivity (Wildman–Crippen MR) is 72.3 cm³/mol. The van der Waals surface area contributed by atoms with Gasteiger partial charge >= 0.3 is 0 Å². The van der Waals surface area contributed by atoms with Crippen molar-refractivity contribution < 1.29 is 9.21 Å². The maximum Gasteiger partial charge on any atom is 0.227 e. The lowest BCUT2D eigenvalue weighted by Crippen LogP contribution is -2.46. The van der Waals surface area contributed by atoms with Crippen LogP contribution in [0.4, 0.5) is 0 Å². The number of nitrogens with two attached hydrogens (primary N) is 1. The van der Waals surface area contributed by atoms with Crippen LogP contribution in [0.15, 0.2) is 10.6 Å². The van der Waals surface area contributed by atoms with Gasteiger partial charge in [-0.3, -0.25) is 4.79 Å². The van der Waals surface area contributed by atoms with Gasteiger partial charge < -0.3 is 15.5 Å². The summed E-state index contributed by atoms with van der Waals surface area (Å²) >= 11 is 0. The molecule has 0 spiro atoms. The van der Waals surface area contributed by atoms with Crippen LogP contribution < -0.4 is 11.1 Å². The topological polar surface area (TPSA) is 81.2 Å². The number of hydrogen-bond acceptors (Lipinski definition) is 4. The number of oxazole rings is 1. The van der Waals surface area contributed by atoms with E-state index < -0.39 is 0 Å². The van der Waals surface area contributed by atoms with E-state index in [4.69, 9.17) is 10.2 Å². The second-order valence-corrected chi connectivity index (χ2v) is 5.30. The highest BCUT2D eigenvalue weighted by Crippen LogP contribution is 2.35. The molecule has 0 unspecified atom stereocenters. The molecule has 3 N–H and O–H groups in total. The Labute approximate surface area is 114 Å². The van der Waals surface area contributed by atoms with Gasteiger partial charge in [0.15, 0.2) is 0 Å². The van der Waals surface area contributed by atoms with Crippen molar-refractivity contribution >= 4 is 5.91 Å².